The number of hydrogen-bond donors (Lipinski definition) is 1. The summed E-state index contributed by atoms with van der Waals surface area (Å²) in [7, 11) is 1.36. The number of esters is 1. The van der Waals surface area contributed by atoms with Gasteiger partial charge < -0.3 is 19.5 Å². The maximum Gasteiger partial charge on any atom is 0.360 e. The van der Waals surface area contributed by atoms with Crippen molar-refractivity contribution >= 4 is 11.8 Å². The van der Waals surface area contributed by atoms with Gasteiger partial charge in [0.2, 0.25) is 0 Å². The predicted octanol–water partition coefficient (Wildman–Crippen LogP) is 1.10. The first kappa shape index (κ1) is 19.5. The lowest BCUT2D eigenvalue weighted by molar-refractivity contribution is -0.0602. The molecule has 4 rings (SSSR count). The Balaban J connectivity index is 1.45. The average molecular weight is 390 g/mol. The number of β-amino-alcohol motifs (C(OH)–C–C–N with tert-alkyl or cyclic N) is 1. The van der Waals surface area contributed by atoms with E-state index >= 15 is 0 Å². The van der Waals surface area contributed by atoms with E-state index < -0.39 is 5.97 Å². The van der Waals surface area contributed by atoms with Gasteiger partial charge in [-0.2, -0.15) is 0 Å². The van der Waals surface area contributed by atoms with Crippen LogP contribution >= 0.6 is 0 Å². The van der Waals surface area contributed by atoms with Gasteiger partial charge in [-0.15, -0.1) is 0 Å². The number of carbonyl (C=O) groups is 1. The number of aromatic nitrogens is 2. The summed E-state index contributed by atoms with van der Waals surface area (Å²) in [6.45, 7) is 5.05. The number of likely N-dealkylation sites (tertiary alicyclic amines) is 1. The van der Waals surface area contributed by atoms with Gasteiger partial charge in [-0.25, -0.2) is 14.8 Å². The molecule has 1 spiro atoms. The van der Waals surface area contributed by atoms with Crippen molar-refractivity contribution in [2.75, 3.05) is 51.4 Å². The number of carbonyl (C=O) groups excluding carboxylic acids is 1. The molecule has 0 aromatic carbocycles. The fourth-order valence-corrected chi connectivity index (χ4v) is 5.08. The number of aliphatic hydroxyl groups is 1. The molecule has 1 N–H and O–H groups in total. The molecule has 3 fully saturated rings. The number of anilines is 1. The van der Waals surface area contributed by atoms with E-state index in [0.717, 1.165) is 71.5 Å². The van der Waals surface area contributed by atoms with Crippen molar-refractivity contribution in [3.8, 4) is 0 Å². The molecule has 28 heavy (non-hydrogen) atoms. The fraction of sp³-hybridized carbons (Fsp3) is 0.750. The third-order valence-electron chi connectivity index (χ3n) is 6.54. The molecule has 0 radical (unpaired) electrons. The van der Waals surface area contributed by atoms with Gasteiger partial charge in [0.1, 0.15) is 0 Å². The van der Waals surface area contributed by atoms with E-state index in [1.54, 1.807) is 6.20 Å². The van der Waals surface area contributed by atoms with E-state index in [-0.39, 0.29) is 17.2 Å². The molecule has 3 saturated heterocycles. The second-order valence-electron chi connectivity index (χ2n) is 8.34. The van der Waals surface area contributed by atoms with Crippen LogP contribution in [0, 0.1) is 5.41 Å². The standard InChI is InChI=1S/C20H30N4O4/c1-27-19(26)17-18(22-7-6-21-17)23-8-4-20(5-9-23)12-16(25)13-24(14-20)15-2-10-28-11-3-15/h6-7,15-16,25H,2-5,8-14H2,1H3. The van der Waals surface area contributed by atoms with E-state index in [1.165, 1.54) is 13.3 Å². The molecule has 1 atom stereocenters. The van der Waals surface area contributed by atoms with Crippen molar-refractivity contribution in [2.45, 2.75) is 44.2 Å². The fourth-order valence-electron chi connectivity index (χ4n) is 5.08. The zero-order valence-corrected chi connectivity index (χ0v) is 16.5. The summed E-state index contributed by atoms with van der Waals surface area (Å²) in [4.78, 5) is 25.2. The van der Waals surface area contributed by atoms with Crippen LogP contribution in [0.5, 0.6) is 0 Å². The summed E-state index contributed by atoms with van der Waals surface area (Å²) in [5.74, 6) is 0.143. The molecule has 3 aliphatic rings. The monoisotopic (exact) mass is 390 g/mol. The van der Waals surface area contributed by atoms with Crippen LogP contribution in [0.3, 0.4) is 0 Å². The first-order valence-corrected chi connectivity index (χ1v) is 10.2. The Morgan fingerprint density at radius 2 is 1.96 bits per heavy atom. The Kier molecular flexibility index (Phi) is 5.80. The van der Waals surface area contributed by atoms with Crippen LogP contribution in [-0.4, -0.2) is 84.6 Å². The largest absolute Gasteiger partial charge is 0.464 e. The maximum atomic E-state index is 12.0. The molecule has 1 aromatic rings. The third kappa shape index (κ3) is 3.99. The van der Waals surface area contributed by atoms with Crippen LogP contribution in [0.2, 0.25) is 0 Å². The Bertz CT molecular complexity index is 687. The van der Waals surface area contributed by atoms with Gasteiger partial charge in [0.05, 0.1) is 13.2 Å². The minimum absolute atomic E-state index is 0.125. The molecule has 0 amide bonds. The van der Waals surface area contributed by atoms with E-state index in [4.69, 9.17) is 9.47 Å². The highest BCUT2D eigenvalue weighted by atomic mass is 16.5. The maximum absolute atomic E-state index is 12.0. The van der Waals surface area contributed by atoms with Crippen LogP contribution in [0.1, 0.15) is 42.6 Å². The van der Waals surface area contributed by atoms with E-state index in [2.05, 4.69) is 19.8 Å². The minimum Gasteiger partial charge on any atom is -0.464 e. The zero-order chi connectivity index (χ0) is 19.6. The van der Waals surface area contributed by atoms with Crippen LogP contribution < -0.4 is 4.90 Å². The summed E-state index contributed by atoms with van der Waals surface area (Å²) in [6, 6.07) is 0.518. The van der Waals surface area contributed by atoms with Crippen LogP contribution in [0.15, 0.2) is 12.4 Å². The van der Waals surface area contributed by atoms with Crippen molar-refractivity contribution < 1.29 is 19.4 Å². The Morgan fingerprint density at radius 1 is 1.25 bits per heavy atom. The van der Waals surface area contributed by atoms with Gasteiger partial charge in [-0.05, 0) is 37.5 Å². The SMILES string of the molecule is COC(=O)c1nccnc1N1CCC2(CC1)CC(O)CN(C1CCOCC1)C2. The lowest BCUT2D eigenvalue weighted by Crippen LogP contribution is -2.57. The molecule has 154 valence electrons. The Hall–Kier alpha value is -1.77. The number of ether oxygens (including phenoxy) is 2. The van der Waals surface area contributed by atoms with E-state index in [9.17, 15) is 9.90 Å². The molecular formula is C20H30N4O4. The first-order valence-electron chi connectivity index (χ1n) is 10.2. The summed E-state index contributed by atoms with van der Waals surface area (Å²) in [5, 5.41) is 10.6. The number of nitrogens with zero attached hydrogens (tertiary/aromatic N) is 4. The average Bonchev–Trinajstić information content (AvgIpc) is 2.74. The van der Waals surface area contributed by atoms with Gasteiger partial charge in [0.25, 0.3) is 0 Å². The van der Waals surface area contributed by atoms with Crippen molar-refractivity contribution in [1.82, 2.24) is 14.9 Å². The second-order valence-corrected chi connectivity index (χ2v) is 8.34. The molecule has 3 aliphatic heterocycles. The van der Waals surface area contributed by atoms with Crippen molar-refractivity contribution in [1.29, 1.82) is 0 Å². The number of piperidine rings is 2. The van der Waals surface area contributed by atoms with Crippen molar-refractivity contribution in [2.24, 2.45) is 5.41 Å². The summed E-state index contributed by atoms with van der Waals surface area (Å²) in [5.41, 5.74) is 0.397. The van der Waals surface area contributed by atoms with Gasteiger partial charge in [0.15, 0.2) is 11.5 Å². The van der Waals surface area contributed by atoms with Gasteiger partial charge in [0, 0.05) is 57.8 Å². The Morgan fingerprint density at radius 3 is 2.68 bits per heavy atom. The molecule has 0 saturated carbocycles. The number of methoxy groups -OCH3 is 1. The Labute approximate surface area is 165 Å². The van der Waals surface area contributed by atoms with Crippen LogP contribution in [-0.2, 0) is 9.47 Å². The lowest BCUT2D eigenvalue weighted by atomic mass is 9.71. The molecule has 0 aliphatic carbocycles. The zero-order valence-electron chi connectivity index (χ0n) is 16.5. The summed E-state index contributed by atoms with van der Waals surface area (Å²) in [6.07, 6.45) is 7.76. The van der Waals surface area contributed by atoms with Crippen LogP contribution in [0.25, 0.3) is 0 Å². The second kappa shape index (κ2) is 8.31. The molecule has 1 aromatic heterocycles. The topological polar surface area (TPSA) is 88.0 Å². The molecule has 8 nitrogen and oxygen atoms in total. The normalized spacial score (nSPS) is 26.4. The quantitative estimate of drug-likeness (QED) is 0.768. The van der Waals surface area contributed by atoms with Crippen molar-refractivity contribution in [3.63, 3.8) is 0 Å². The van der Waals surface area contributed by atoms with E-state index in [0.29, 0.717) is 11.9 Å². The molecular weight excluding hydrogens is 360 g/mol. The highest BCUT2D eigenvalue weighted by molar-refractivity contribution is 5.92. The summed E-state index contributed by atoms with van der Waals surface area (Å²) >= 11 is 0. The lowest BCUT2D eigenvalue weighted by Gasteiger charge is -2.51. The van der Waals surface area contributed by atoms with Crippen LogP contribution in [0.4, 0.5) is 5.82 Å². The smallest absolute Gasteiger partial charge is 0.360 e. The first-order chi connectivity index (χ1) is 13.6. The minimum atomic E-state index is -0.456. The highest BCUT2D eigenvalue weighted by Gasteiger charge is 2.43. The third-order valence-corrected chi connectivity index (χ3v) is 6.54. The molecule has 1 unspecified atom stereocenters. The molecule has 4 heterocycles. The predicted molar refractivity (Wildman–Crippen MR) is 103 cm³/mol. The van der Waals surface area contributed by atoms with Gasteiger partial charge in [-0.1, -0.05) is 0 Å². The number of aliphatic hydroxyl groups excluding tert-OH is 1. The summed E-state index contributed by atoms with van der Waals surface area (Å²) < 4.78 is 10.4. The van der Waals surface area contributed by atoms with Gasteiger partial charge in [-0.3, -0.25) is 4.90 Å². The number of rotatable bonds is 3. The molecule has 8 heteroatoms. The molecule has 0 bridgehead atoms. The van der Waals surface area contributed by atoms with Crippen molar-refractivity contribution in [3.05, 3.63) is 18.1 Å². The highest BCUT2D eigenvalue weighted by Crippen LogP contribution is 2.42. The number of hydrogen-bond acceptors (Lipinski definition) is 8. The van der Waals surface area contributed by atoms with E-state index in [1.807, 2.05) is 0 Å². The van der Waals surface area contributed by atoms with Gasteiger partial charge >= 0.3 is 5.97 Å².